The van der Waals surface area contributed by atoms with E-state index in [4.69, 9.17) is 39.9 Å². The Morgan fingerprint density at radius 1 is 0.765 bits per heavy atom. The summed E-state index contributed by atoms with van der Waals surface area (Å²) in [6, 6.07) is 0. The molecule has 0 atom stereocenters. The molecule has 0 aliphatic heterocycles. The van der Waals surface area contributed by atoms with Crippen molar-refractivity contribution >= 4 is 17.9 Å². The van der Waals surface area contributed by atoms with Crippen LogP contribution in [0.5, 0.6) is 0 Å². The van der Waals surface area contributed by atoms with Crippen LogP contribution in [0, 0.1) is 0 Å². The van der Waals surface area contributed by atoms with E-state index in [0.717, 1.165) is 20.8 Å². The third-order valence-electron chi connectivity index (χ3n) is 0.1000. The van der Waals surface area contributed by atoms with Crippen molar-refractivity contribution in [2.24, 2.45) is 0 Å². The predicted molar refractivity (Wildman–Crippen MR) is 46.2 cm³/mol. The third-order valence-corrected chi connectivity index (χ3v) is 0.1000. The second kappa shape index (κ2) is 29.4. The molecule has 101 valence electrons. The van der Waals surface area contributed by atoms with Gasteiger partial charge in [-0.15, -0.1) is 0 Å². The zero-order valence-electron chi connectivity index (χ0n) is 9.67. The van der Waals surface area contributed by atoms with Crippen LogP contribution in [0.15, 0.2) is 0 Å². The molecule has 0 bridgehead atoms. The van der Waals surface area contributed by atoms with E-state index >= 15 is 0 Å². The van der Waals surface area contributed by atoms with Gasteiger partial charge < -0.3 is 39.9 Å². The Balaban J connectivity index is -0.0000000369. The van der Waals surface area contributed by atoms with Crippen LogP contribution in [0.2, 0.25) is 0 Å². The Hall–Kier alpha value is -1.14. The van der Waals surface area contributed by atoms with Crippen LogP contribution in [0.1, 0.15) is 20.8 Å². The van der Waals surface area contributed by atoms with Gasteiger partial charge in [-0.3, -0.25) is 0 Å². The average Bonchev–Trinajstić information content (AvgIpc) is 2.00. The number of aliphatic carboxylic acids is 3. The fourth-order valence-electron chi connectivity index (χ4n) is 0. The summed E-state index contributed by atoms with van der Waals surface area (Å²) in [5, 5.41) is 41.9. The standard InChI is InChI=1S/3C2H4O2.C2H6O2.Cr/c3*1-2(3)4;3-1-2-4;/h3*1H3,(H,3,4);3-4H,1-2H2;/q;;;;+3/p-3. The summed E-state index contributed by atoms with van der Waals surface area (Å²) in [6.07, 6.45) is 0. The van der Waals surface area contributed by atoms with Crippen molar-refractivity contribution in [1.82, 2.24) is 0 Å². The van der Waals surface area contributed by atoms with Crippen molar-refractivity contribution in [3.05, 3.63) is 0 Å². The Kier molecular flexibility index (Phi) is 51.3. The minimum absolute atomic E-state index is 0. The zero-order valence-corrected chi connectivity index (χ0v) is 10.9. The van der Waals surface area contributed by atoms with Gasteiger partial charge >= 0.3 is 17.4 Å². The monoisotopic (exact) mass is 291 g/mol. The van der Waals surface area contributed by atoms with E-state index < -0.39 is 17.9 Å². The van der Waals surface area contributed by atoms with Gasteiger partial charge in [0.2, 0.25) is 0 Å². The maximum atomic E-state index is 8.89. The Morgan fingerprint density at radius 3 is 0.824 bits per heavy atom. The first-order valence-corrected chi connectivity index (χ1v) is 3.86. The normalized spacial score (nSPS) is 6.18. The van der Waals surface area contributed by atoms with Crippen LogP contribution in [0.25, 0.3) is 0 Å². The fraction of sp³-hybridized carbons (Fsp3) is 0.625. The maximum absolute atomic E-state index is 8.89. The fourth-order valence-corrected chi connectivity index (χ4v) is 0. The molecule has 0 fully saturated rings. The van der Waals surface area contributed by atoms with Gasteiger partial charge in [0.1, 0.15) is 0 Å². The van der Waals surface area contributed by atoms with E-state index in [1.54, 1.807) is 0 Å². The van der Waals surface area contributed by atoms with Crippen LogP contribution >= 0.6 is 0 Å². The molecule has 0 aromatic carbocycles. The van der Waals surface area contributed by atoms with E-state index in [1.165, 1.54) is 0 Å². The van der Waals surface area contributed by atoms with E-state index in [1.807, 2.05) is 0 Å². The maximum Gasteiger partial charge on any atom is 3.00 e. The quantitative estimate of drug-likeness (QED) is 0.486. The van der Waals surface area contributed by atoms with Gasteiger partial charge in [-0.25, -0.2) is 0 Å². The molecule has 0 saturated heterocycles. The minimum atomic E-state index is -1.08. The van der Waals surface area contributed by atoms with Crippen LogP contribution in [0.3, 0.4) is 0 Å². The predicted octanol–water partition coefficient (Wildman–Crippen LogP) is -4.76. The first-order chi connectivity index (χ1) is 7.11. The van der Waals surface area contributed by atoms with Crippen LogP contribution in [0.4, 0.5) is 0 Å². The number of aliphatic hydroxyl groups excluding tert-OH is 2. The molecule has 0 saturated carbocycles. The van der Waals surface area contributed by atoms with Crippen molar-refractivity contribution in [2.75, 3.05) is 13.2 Å². The molecule has 8 nitrogen and oxygen atoms in total. The molecular formula is C8H15CrO8. The number of hydrogen-bond acceptors (Lipinski definition) is 8. The minimum Gasteiger partial charge on any atom is -0.550 e. The van der Waals surface area contributed by atoms with Crippen molar-refractivity contribution in [2.45, 2.75) is 20.8 Å². The molecule has 0 aromatic rings. The van der Waals surface area contributed by atoms with E-state index in [9.17, 15) is 0 Å². The summed E-state index contributed by atoms with van der Waals surface area (Å²) in [7, 11) is 0. The average molecular weight is 291 g/mol. The molecule has 0 aliphatic rings. The summed E-state index contributed by atoms with van der Waals surface area (Å²) >= 11 is 0. The molecule has 0 rings (SSSR count). The second-order valence-corrected chi connectivity index (χ2v) is 1.92. The number of carboxylic acid groups (broad SMARTS) is 3. The van der Waals surface area contributed by atoms with Gasteiger partial charge in [0.25, 0.3) is 0 Å². The van der Waals surface area contributed by atoms with Crippen LogP contribution < -0.4 is 15.3 Å². The third kappa shape index (κ3) is 130000. The molecule has 0 spiro atoms. The summed E-state index contributed by atoms with van der Waals surface area (Å²) in [4.78, 5) is 26.7. The molecule has 0 aliphatic carbocycles. The zero-order chi connectivity index (χ0) is 14.1. The molecule has 2 N–H and O–H groups in total. The summed E-state index contributed by atoms with van der Waals surface area (Å²) in [6.45, 7) is 2.67. The van der Waals surface area contributed by atoms with E-state index in [-0.39, 0.29) is 30.6 Å². The Labute approximate surface area is 110 Å². The summed E-state index contributed by atoms with van der Waals surface area (Å²) < 4.78 is 0. The first kappa shape index (κ1) is 29.7. The van der Waals surface area contributed by atoms with Gasteiger partial charge in [0.05, 0.1) is 13.2 Å². The smallest absolute Gasteiger partial charge is 0.550 e. The first-order valence-electron chi connectivity index (χ1n) is 3.86. The molecule has 1 radical (unpaired) electrons. The molecule has 0 heterocycles. The van der Waals surface area contributed by atoms with Crippen LogP contribution in [-0.2, 0) is 31.7 Å². The Bertz CT molecular complexity index is 140. The van der Waals surface area contributed by atoms with Crippen molar-refractivity contribution in [3.8, 4) is 0 Å². The van der Waals surface area contributed by atoms with Crippen LogP contribution in [-0.4, -0.2) is 41.3 Å². The van der Waals surface area contributed by atoms with Crippen molar-refractivity contribution < 1.29 is 57.3 Å². The second-order valence-electron chi connectivity index (χ2n) is 1.92. The van der Waals surface area contributed by atoms with Crippen molar-refractivity contribution in [1.29, 1.82) is 0 Å². The number of rotatable bonds is 1. The number of carbonyl (C=O) groups is 3. The molecule has 17 heavy (non-hydrogen) atoms. The number of aliphatic hydroxyl groups is 2. The number of hydrogen-bond donors (Lipinski definition) is 2. The van der Waals surface area contributed by atoms with Crippen molar-refractivity contribution in [3.63, 3.8) is 0 Å². The molecular weight excluding hydrogens is 276 g/mol. The number of carboxylic acids is 3. The largest absolute Gasteiger partial charge is 3.00 e. The van der Waals surface area contributed by atoms with Gasteiger partial charge in [-0.2, -0.15) is 0 Å². The SMILES string of the molecule is CC(=O)[O-].CC(=O)[O-].CC(=O)[O-].OCCO.[Cr+3]. The molecule has 0 aromatic heterocycles. The topological polar surface area (TPSA) is 161 Å². The van der Waals surface area contributed by atoms with E-state index in [2.05, 4.69) is 0 Å². The van der Waals surface area contributed by atoms with Gasteiger partial charge in [0.15, 0.2) is 0 Å². The summed E-state index contributed by atoms with van der Waals surface area (Å²) in [5.41, 5.74) is 0. The molecule has 0 unspecified atom stereocenters. The van der Waals surface area contributed by atoms with Gasteiger partial charge in [0, 0.05) is 17.9 Å². The number of carbonyl (C=O) groups excluding carboxylic acids is 3. The Morgan fingerprint density at radius 2 is 0.824 bits per heavy atom. The van der Waals surface area contributed by atoms with E-state index in [0.29, 0.717) is 0 Å². The van der Waals surface area contributed by atoms with Gasteiger partial charge in [-0.1, -0.05) is 0 Å². The molecule has 9 heteroatoms. The molecule has 0 amide bonds. The summed E-state index contributed by atoms with van der Waals surface area (Å²) in [5.74, 6) is -3.25. The van der Waals surface area contributed by atoms with Gasteiger partial charge in [-0.05, 0) is 20.8 Å².